The quantitative estimate of drug-likeness (QED) is 0.926. The number of ether oxygens (including phenoxy) is 2. The summed E-state index contributed by atoms with van der Waals surface area (Å²) in [5.41, 5.74) is -0.492. The van der Waals surface area contributed by atoms with Crippen molar-refractivity contribution < 1.29 is 32.5 Å². The Balaban J connectivity index is 2.01. The zero-order chi connectivity index (χ0) is 14.8. The van der Waals surface area contributed by atoms with Crippen molar-refractivity contribution in [1.82, 2.24) is 0 Å². The molecule has 1 aliphatic rings. The third kappa shape index (κ3) is 3.71. The maximum Gasteiger partial charge on any atom is 0.416 e. The van der Waals surface area contributed by atoms with Gasteiger partial charge in [-0.15, -0.1) is 0 Å². The molecule has 1 heterocycles. The number of carboxylic acids is 1. The fourth-order valence-electron chi connectivity index (χ4n) is 1.92. The van der Waals surface area contributed by atoms with Gasteiger partial charge in [0, 0.05) is 12.0 Å². The number of hydrogen-bond acceptors (Lipinski definition) is 3. The highest BCUT2D eigenvalue weighted by atomic mass is 19.4. The number of aliphatic carboxylic acids is 1. The Kier molecular flexibility index (Phi) is 4.29. The topological polar surface area (TPSA) is 55.8 Å². The van der Waals surface area contributed by atoms with Crippen LogP contribution in [0.3, 0.4) is 0 Å². The number of alkyl halides is 3. The van der Waals surface area contributed by atoms with Crippen molar-refractivity contribution >= 4 is 5.97 Å². The highest BCUT2D eigenvalue weighted by Gasteiger charge is 2.33. The molecule has 0 aromatic heterocycles. The van der Waals surface area contributed by atoms with Crippen LogP contribution in [-0.2, 0) is 20.4 Å². The number of rotatable bonds is 4. The molecule has 1 aliphatic heterocycles. The summed E-state index contributed by atoms with van der Waals surface area (Å²) >= 11 is 0. The van der Waals surface area contributed by atoms with E-state index in [2.05, 4.69) is 0 Å². The van der Waals surface area contributed by atoms with Gasteiger partial charge in [-0.1, -0.05) is 12.1 Å². The lowest BCUT2D eigenvalue weighted by Crippen LogP contribution is -2.12. The largest absolute Gasteiger partial charge is 0.481 e. The van der Waals surface area contributed by atoms with Crippen LogP contribution < -0.4 is 0 Å². The summed E-state index contributed by atoms with van der Waals surface area (Å²) in [4.78, 5) is 10.4. The maximum absolute atomic E-state index is 12.6. The zero-order valence-electron chi connectivity index (χ0n) is 10.4. The predicted molar refractivity (Wildman–Crippen MR) is 61.9 cm³/mol. The number of benzene rings is 1. The first-order valence-electron chi connectivity index (χ1n) is 6.02. The van der Waals surface area contributed by atoms with Gasteiger partial charge in [0.15, 0.2) is 6.29 Å². The van der Waals surface area contributed by atoms with Gasteiger partial charge in [0.2, 0.25) is 0 Å². The van der Waals surface area contributed by atoms with Crippen molar-refractivity contribution in [3.05, 3.63) is 35.4 Å². The number of hydrogen-bond donors (Lipinski definition) is 1. The van der Waals surface area contributed by atoms with Crippen LogP contribution in [0.25, 0.3) is 0 Å². The van der Waals surface area contributed by atoms with Crippen molar-refractivity contribution in [2.75, 3.05) is 6.61 Å². The molecule has 0 aliphatic carbocycles. The Morgan fingerprint density at radius 2 is 2.15 bits per heavy atom. The van der Waals surface area contributed by atoms with Gasteiger partial charge in [-0.3, -0.25) is 4.79 Å². The van der Waals surface area contributed by atoms with Gasteiger partial charge < -0.3 is 14.6 Å². The lowest BCUT2D eigenvalue weighted by Gasteiger charge is -2.13. The first-order chi connectivity index (χ1) is 9.36. The van der Waals surface area contributed by atoms with Gasteiger partial charge >= 0.3 is 12.1 Å². The van der Waals surface area contributed by atoms with E-state index in [0.717, 1.165) is 12.1 Å². The Morgan fingerprint density at radius 1 is 1.40 bits per heavy atom. The van der Waals surface area contributed by atoms with Crippen LogP contribution in [0.1, 0.15) is 30.3 Å². The van der Waals surface area contributed by atoms with Crippen LogP contribution in [0.15, 0.2) is 24.3 Å². The van der Waals surface area contributed by atoms with Crippen molar-refractivity contribution in [2.45, 2.75) is 31.4 Å². The summed E-state index contributed by atoms with van der Waals surface area (Å²) in [5.74, 6) is -0.948. The van der Waals surface area contributed by atoms with Gasteiger partial charge in [-0.2, -0.15) is 13.2 Å². The lowest BCUT2D eigenvalue weighted by molar-refractivity contribution is -0.139. The molecule has 2 atom stereocenters. The molecular formula is C13H13F3O4. The van der Waals surface area contributed by atoms with Crippen molar-refractivity contribution in [3.63, 3.8) is 0 Å². The van der Waals surface area contributed by atoms with Gasteiger partial charge in [-0.05, 0) is 18.6 Å². The summed E-state index contributed by atoms with van der Waals surface area (Å²) in [7, 11) is 0. The van der Waals surface area contributed by atoms with Crippen LogP contribution in [0, 0.1) is 0 Å². The summed E-state index contributed by atoms with van der Waals surface area (Å²) in [6.45, 7) is 0.175. The molecule has 4 nitrogen and oxygen atoms in total. The molecule has 1 saturated heterocycles. The van der Waals surface area contributed by atoms with Crippen LogP contribution in [0.5, 0.6) is 0 Å². The van der Waals surface area contributed by atoms with E-state index in [9.17, 15) is 18.0 Å². The normalized spacial score (nSPS) is 22.9. The summed E-state index contributed by atoms with van der Waals surface area (Å²) < 4.78 is 48.5. The van der Waals surface area contributed by atoms with Crippen molar-refractivity contribution in [1.29, 1.82) is 0 Å². The molecule has 1 aromatic carbocycles. The van der Waals surface area contributed by atoms with Crippen molar-refractivity contribution in [2.24, 2.45) is 0 Å². The van der Waals surface area contributed by atoms with Crippen molar-refractivity contribution in [3.8, 4) is 0 Å². The second-order valence-corrected chi connectivity index (χ2v) is 4.48. The Morgan fingerprint density at radius 3 is 2.80 bits per heavy atom. The second kappa shape index (κ2) is 5.80. The minimum absolute atomic E-state index is 0.0661. The van der Waals surface area contributed by atoms with Gasteiger partial charge in [-0.25, -0.2) is 0 Å². The molecule has 0 amide bonds. The van der Waals surface area contributed by atoms with E-state index in [4.69, 9.17) is 14.6 Å². The first-order valence-corrected chi connectivity index (χ1v) is 6.02. The highest BCUT2D eigenvalue weighted by molar-refractivity contribution is 5.66. The first kappa shape index (κ1) is 14.8. The molecule has 1 fully saturated rings. The summed E-state index contributed by atoms with van der Waals surface area (Å²) in [5, 5.41) is 8.56. The fourth-order valence-corrected chi connectivity index (χ4v) is 1.92. The van der Waals surface area contributed by atoms with Crippen LogP contribution >= 0.6 is 0 Å². The standard InChI is InChI=1S/C13H13F3O4/c14-13(15,16)9-3-1-2-8(6-9)12-19-7-10(20-12)4-5-11(17)18/h1-3,6,10,12H,4-5,7H2,(H,17,18). The Hall–Kier alpha value is -1.60. The Bertz CT molecular complexity index is 487. The molecule has 20 heavy (non-hydrogen) atoms. The molecule has 2 rings (SSSR count). The maximum atomic E-state index is 12.6. The number of carbonyl (C=O) groups is 1. The molecule has 0 spiro atoms. The zero-order valence-corrected chi connectivity index (χ0v) is 10.4. The average molecular weight is 290 g/mol. The average Bonchev–Trinajstić information content (AvgIpc) is 2.84. The molecule has 2 unspecified atom stereocenters. The third-order valence-corrected chi connectivity index (χ3v) is 2.92. The van der Waals surface area contributed by atoms with E-state index >= 15 is 0 Å². The predicted octanol–water partition coefficient (Wildman–Crippen LogP) is 2.98. The van der Waals surface area contributed by atoms with E-state index in [1.165, 1.54) is 12.1 Å². The summed E-state index contributed by atoms with van der Waals surface area (Å²) in [6, 6.07) is 4.72. The molecule has 1 aromatic rings. The molecule has 0 saturated carbocycles. The third-order valence-electron chi connectivity index (χ3n) is 2.92. The molecule has 110 valence electrons. The number of halogens is 3. The minimum atomic E-state index is -4.42. The molecular weight excluding hydrogens is 277 g/mol. The molecule has 7 heteroatoms. The van der Waals surface area contributed by atoms with E-state index in [-0.39, 0.29) is 25.0 Å². The monoisotopic (exact) mass is 290 g/mol. The SMILES string of the molecule is O=C(O)CCC1COC(c2cccc(C(F)(F)F)c2)O1. The highest BCUT2D eigenvalue weighted by Crippen LogP contribution is 2.34. The summed E-state index contributed by atoms with van der Waals surface area (Å²) in [6.07, 6.45) is -5.51. The van der Waals surface area contributed by atoms with Crippen LogP contribution in [0.2, 0.25) is 0 Å². The second-order valence-electron chi connectivity index (χ2n) is 4.48. The molecule has 0 bridgehead atoms. The Labute approximate surface area is 113 Å². The van der Waals surface area contributed by atoms with Gasteiger partial charge in [0.05, 0.1) is 18.3 Å². The van der Waals surface area contributed by atoms with E-state index in [0.29, 0.717) is 0 Å². The lowest BCUT2D eigenvalue weighted by atomic mass is 10.1. The molecule has 1 N–H and O–H groups in total. The van der Waals surface area contributed by atoms with Crippen LogP contribution in [0.4, 0.5) is 13.2 Å². The fraction of sp³-hybridized carbons (Fsp3) is 0.462. The van der Waals surface area contributed by atoms with E-state index in [1.54, 1.807) is 0 Å². The van der Waals surface area contributed by atoms with E-state index in [1.807, 2.05) is 0 Å². The van der Waals surface area contributed by atoms with E-state index < -0.39 is 30.1 Å². The van der Waals surface area contributed by atoms with Gasteiger partial charge in [0.1, 0.15) is 0 Å². The number of carboxylic acid groups (broad SMARTS) is 1. The van der Waals surface area contributed by atoms with Crippen LogP contribution in [-0.4, -0.2) is 23.8 Å². The van der Waals surface area contributed by atoms with Gasteiger partial charge in [0.25, 0.3) is 0 Å². The smallest absolute Gasteiger partial charge is 0.416 e. The molecule has 0 radical (unpaired) electrons. The minimum Gasteiger partial charge on any atom is -0.481 e.